The van der Waals surface area contributed by atoms with Crippen molar-refractivity contribution in [2.45, 2.75) is 6.54 Å². The zero-order valence-corrected chi connectivity index (χ0v) is 15.6. The van der Waals surface area contributed by atoms with Gasteiger partial charge in [0.1, 0.15) is 16.7 Å². The third-order valence-electron chi connectivity index (χ3n) is 3.97. The van der Waals surface area contributed by atoms with E-state index in [0.717, 1.165) is 0 Å². The molecule has 0 saturated carbocycles. The Labute approximate surface area is 160 Å². The maximum atomic E-state index is 11.9. The van der Waals surface area contributed by atoms with Crippen molar-refractivity contribution in [1.82, 2.24) is 9.55 Å². The lowest BCUT2D eigenvalue weighted by Crippen LogP contribution is -2.27. The van der Waals surface area contributed by atoms with Gasteiger partial charge in [0.2, 0.25) is 15.9 Å². The van der Waals surface area contributed by atoms with E-state index in [0.29, 0.717) is 33.7 Å². The number of hydrogen-bond acceptors (Lipinski definition) is 4. The van der Waals surface area contributed by atoms with Gasteiger partial charge in [-0.3, -0.25) is 4.72 Å². The normalized spacial score (nSPS) is 15.2. The monoisotopic (exact) mass is 409 g/mol. The zero-order chi connectivity index (χ0) is 18.3. The number of fused-ring (bicyclic) bond motifs is 1. The lowest BCUT2D eigenvalue weighted by atomic mass is 10.1. The van der Waals surface area contributed by atoms with Crippen LogP contribution in [-0.2, 0) is 16.6 Å². The molecule has 0 fully saturated rings. The van der Waals surface area contributed by atoms with Crippen LogP contribution in [0.25, 0.3) is 11.1 Å². The van der Waals surface area contributed by atoms with Crippen LogP contribution in [0.4, 0.5) is 5.82 Å². The number of pyridine rings is 1. The van der Waals surface area contributed by atoms with Gasteiger partial charge >= 0.3 is 0 Å². The van der Waals surface area contributed by atoms with Gasteiger partial charge in [0.05, 0.1) is 10.8 Å². The average molecular weight is 410 g/mol. The Morgan fingerprint density at radius 2 is 1.88 bits per heavy atom. The number of sulfonamides is 1. The van der Waals surface area contributed by atoms with Crippen molar-refractivity contribution in [3.05, 3.63) is 58.8 Å². The van der Waals surface area contributed by atoms with Gasteiger partial charge in [-0.1, -0.05) is 41.4 Å². The van der Waals surface area contributed by atoms with Gasteiger partial charge in [-0.25, -0.2) is 13.4 Å². The number of ether oxygens (including phenoxy) is 1. The van der Waals surface area contributed by atoms with Crippen LogP contribution in [0.1, 0.15) is 0 Å². The summed E-state index contributed by atoms with van der Waals surface area (Å²) in [7, 11) is -3.41. The molecule has 1 aromatic carbocycles. The molecule has 134 valence electrons. The Morgan fingerprint density at radius 1 is 1.12 bits per heavy atom. The van der Waals surface area contributed by atoms with Gasteiger partial charge in [-0.05, 0) is 18.2 Å². The molecule has 4 rings (SSSR count). The van der Waals surface area contributed by atoms with E-state index in [1.54, 1.807) is 22.9 Å². The number of nitrogens with zero attached hydrogens (tertiary/aromatic N) is 2. The van der Waals surface area contributed by atoms with E-state index in [1.807, 2.05) is 30.3 Å². The summed E-state index contributed by atoms with van der Waals surface area (Å²) in [6, 6.07) is 12.7. The van der Waals surface area contributed by atoms with Crippen LogP contribution in [0.3, 0.4) is 0 Å². The molecule has 1 aliphatic rings. The number of anilines is 1. The summed E-state index contributed by atoms with van der Waals surface area (Å²) in [6.07, 6.45) is 1.57. The van der Waals surface area contributed by atoms with Crippen LogP contribution in [-0.4, -0.2) is 23.7 Å². The summed E-state index contributed by atoms with van der Waals surface area (Å²) in [6.45, 7) is 0.242. The van der Waals surface area contributed by atoms with Gasteiger partial charge in [0, 0.05) is 29.9 Å². The fourth-order valence-corrected chi connectivity index (χ4v) is 4.34. The molecule has 6 nitrogen and oxygen atoms in total. The van der Waals surface area contributed by atoms with Gasteiger partial charge in [-0.15, -0.1) is 0 Å². The molecule has 0 aliphatic carbocycles. The summed E-state index contributed by atoms with van der Waals surface area (Å²) >= 11 is 12.6. The van der Waals surface area contributed by atoms with E-state index in [4.69, 9.17) is 27.9 Å². The number of hydrogen-bond donors (Lipinski definition) is 1. The average Bonchev–Trinajstić information content (AvgIpc) is 2.86. The van der Waals surface area contributed by atoms with Crippen molar-refractivity contribution in [1.29, 1.82) is 0 Å². The summed E-state index contributed by atoms with van der Waals surface area (Å²) in [5.74, 6) is 1.38. The largest absolute Gasteiger partial charge is 0.439 e. The molecule has 0 radical (unpaired) electrons. The molecule has 0 unspecified atom stereocenters. The van der Waals surface area contributed by atoms with Crippen molar-refractivity contribution in [2.24, 2.45) is 0 Å². The van der Waals surface area contributed by atoms with Gasteiger partial charge in [-0.2, -0.15) is 0 Å². The van der Waals surface area contributed by atoms with Crippen molar-refractivity contribution in [3.63, 3.8) is 0 Å². The molecule has 26 heavy (non-hydrogen) atoms. The number of aromatic nitrogens is 2. The van der Waals surface area contributed by atoms with Gasteiger partial charge < -0.3 is 9.30 Å². The first kappa shape index (κ1) is 17.2. The first-order valence-electron chi connectivity index (χ1n) is 7.72. The molecule has 0 amide bonds. The van der Waals surface area contributed by atoms with E-state index in [1.165, 1.54) is 0 Å². The molecule has 2 aromatic heterocycles. The smallest absolute Gasteiger partial charge is 0.235 e. The third-order valence-corrected chi connectivity index (χ3v) is 6.05. The summed E-state index contributed by atoms with van der Waals surface area (Å²) in [5.41, 5.74) is 1.13. The Balaban J connectivity index is 1.70. The molecular weight excluding hydrogens is 397 g/mol. The van der Waals surface area contributed by atoms with E-state index in [9.17, 15) is 8.42 Å². The SMILES string of the molecule is O=S1(=O)CCn2c(Cl)c(Cl)c(-c3ccc(Oc4ccccc4)nc3)c2N1. The molecule has 0 bridgehead atoms. The van der Waals surface area contributed by atoms with Crippen LogP contribution >= 0.6 is 23.2 Å². The minimum absolute atomic E-state index is 0.0493. The first-order chi connectivity index (χ1) is 12.4. The highest BCUT2D eigenvalue weighted by Crippen LogP contribution is 2.44. The molecule has 3 aromatic rings. The van der Waals surface area contributed by atoms with Crippen molar-refractivity contribution >= 4 is 39.0 Å². The number of para-hydroxylation sites is 1. The fraction of sp³-hybridized carbons (Fsp3) is 0.118. The first-order valence-corrected chi connectivity index (χ1v) is 10.1. The second kappa shape index (κ2) is 6.50. The van der Waals surface area contributed by atoms with Crippen LogP contribution in [0.5, 0.6) is 11.6 Å². The Morgan fingerprint density at radius 3 is 2.58 bits per heavy atom. The van der Waals surface area contributed by atoms with E-state index in [-0.39, 0.29) is 17.3 Å². The number of halogens is 2. The molecule has 0 spiro atoms. The summed E-state index contributed by atoms with van der Waals surface area (Å²) < 4.78 is 33.7. The lowest BCUT2D eigenvalue weighted by Gasteiger charge is -2.19. The van der Waals surface area contributed by atoms with E-state index in [2.05, 4.69) is 9.71 Å². The molecule has 1 N–H and O–H groups in total. The Bertz CT molecular complexity index is 1060. The topological polar surface area (TPSA) is 73.2 Å². The number of benzene rings is 1. The molecule has 3 heterocycles. The van der Waals surface area contributed by atoms with Crippen molar-refractivity contribution in [3.8, 4) is 22.8 Å². The minimum Gasteiger partial charge on any atom is -0.439 e. The minimum atomic E-state index is -3.41. The second-order valence-electron chi connectivity index (χ2n) is 5.70. The maximum absolute atomic E-state index is 11.9. The van der Waals surface area contributed by atoms with Crippen molar-refractivity contribution in [2.75, 3.05) is 10.5 Å². The van der Waals surface area contributed by atoms with Crippen molar-refractivity contribution < 1.29 is 13.2 Å². The second-order valence-corrected chi connectivity index (χ2v) is 8.28. The quantitative estimate of drug-likeness (QED) is 0.695. The standard InChI is InChI=1S/C17H13Cl2N3O3S/c18-15-14(17-21-26(23,24)9-8-22(17)16(15)19)11-6-7-13(20-10-11)25-12-4-2-1-3-5-12/h1-7,10,21H,8-9H2. The highest BCUT2D eigenvalue weighted by atomic mass is 35.5. The van der Waals surface area contributed by atoms with E-state index >= 15 is 0 Å². The third kappa shape index (κ3) is 3.13. The fourth-order valence-electron chi connectivity index (χ4n) is 2.75. The molecule has 0 saturated heterocycles. The van der Waals surface area contributed by atoms with E-state index < -0.39 is 10.0 Å². The van der Waals surface area contributed by atoms with Crippen LogP contribution in [0.2, 0.25) is 10.2 Å². The predicted octanol–water partition coefficient (Wildman–Crippen LogP) is 4.40. The Hall–Kier alpha value is -2.22. The maximum Gasteiger partial charge on any atom is 0.235 e. The highest BCUT2D eigenvalue weighted by Gasteiger charge is 2.29. The number of rotatable bonds is 3. The van der Waals surface area contributed by atoms with Crippen LogP contribution in [0, 0.1) is 0 Å². The van der Waals surface area contributed by atoms with Crippen LogP contribution < -0.4 is 9.46 Å². The molecular formula is C17H13Cl2N3O3S. The van der Waals surface area contributed by atoms with Crippen LogP contribution in [0.15, 0.2) is 48.7 Å². The molecule has 9 heteroatoms. The highest BCUT2D eigenvalue weighted by molar-refractivity contribution is 7.92. The van der Waals surface area contributed by atoms with Gasteiger partial charge in [0.15, 0.2) is 0 Å². The number of nitrogens with one attached hydrogen (secondary N) is 1. The molecule has 0 atom stereocenters. The Kier molecular flexibility index (Phi) is 4.30. The molecule has 1 aliphatic heterocycles. The zero-order valence-electron chi connectivity index (χ0n) is 13.3. The summed E-state index contributed by atoms with van der Waals surface area (Å²) in [4.78, 5) is 4.28. The summed E-state index contributed by atoms with van der Waals surface area (Å²) in [5, 5.41) is 0.577. The predicted molar refractivity (Wildman–Crippen MR) is 102 cm³/mol. The van der Waals surface area contributed by atoms with Gasteiger partial charge in [0.25, 0.3) is 0 Å². The lowest BCUT2D eigenvalue weighted by molar-refractivity contribution is 0.463.